The Morgan fingerprint density at radius 1 is 1.27 bits per heavy atom. The number of aromatic nitrogens is 2. The molecular weight excluding hydrogens is 329 g/mol. The molecule has 1 amide bonds. The highest BCUT2D eigenvalue weighted by Crippen LogP contribution is 2.34. The highest BCUT2D eigenvalue weighted by atomic mass is 19.1. The van der Waals surface area contributed by atoms with Crippen LogP contribution in [0.4, 0.5) is 4.39 Å². The number of nitrogens with zero attached hydrogens (tertiary/aromatic N) is 3. The first-order chi connectivity index (χ1) is 12.6. The summed E-state index contributed by atoms with van der Waals surface area (Å²) in [6.07, 6.45) is 2.29. The summed E-state index contributed by atoms with van der Waals surface area (Å²) in [5.41, 5.74) is 3.81. The summed E-state index contributed by atoms with van der Waals surface area (Å²) in [6.45, 7) is 4.99. The van der Waals surface area contributed by atoms with Crippen LogP contribution >= 0.6 is 0 Å². The molecule has 0 radical (unpaired) electrons. The third kappa shape index (κ3) is 2.79. The number of benzene rings is 2. The summed E-state index contributed by atoms with van der Waals surface area (Å²) < 4.78 is 15.4. The Morgan fingerprint density at radius 3 is 2.85 bits per heavy atom. The summed E-state index contributed by atoms with van der Waals surface area (Å²) in [5, 5.41) is 5.74. The molecule has 1 aromatic heterocycles. The summed E-state index contributed by atoms with van der Waals surface area (Å²) >= 11 is 0. The van der Waals surface area contributed by atoms with E-state index in [1.807, 2.05) is 34.8 Å². The second-order valence-electron chi connectivity index (χ2n) is 6.73. The number of halogens is 1. The molecule has 1 atom stereocenters. The SMILES string of the molecule is C=CC(=O)N1CCC(c2c3ccc(-c4cccc(F)c4)cc3nn2C)C1. The van der Waals surface area contributed by atoms with E-state index in [1.165, 1.54) is 18.2 Å². The molecule has 1 aliphatic rings. The van der Waals surface area contributed by atoms with Crippen LogP contribution in [0.15, 0.2) is 55.1 Å². The molecule has 1 saturated heterocycles. The Kier molecular flexibility index (Phi) is 4.07. The van der Waals surface area contributed by atoms with Crippen LogP contribution in [0.5, 0.6) is 0 Å². The number of hydrogen-bond donors (Lipinski definition) is 0. The van der Waals surface area contributed by atoms with Crippen molar-refractivity contribution in [3.63, 3.8) is 0 Å². The molecule has 2 heterocycles. The van der Waals surface area contributed by atoms with Gasteiger partial charge in [-0.05, 0) is 41.8 Å². The number of carbonyl (C=O) groups excluding carboxylic acids is 1. The van der Waals surface area contributed by atoms with E-state index in [-0.39, 0.29) is 17.6 Å². The summed E-state index contributed by atoms with van der Waals surface area (Å²) in [7, 11) is 1.94. The van der Waals surface area contributed by atoms with Gasteiger partial charge in [0.05, 0.1) is 11.2 Å². The molecule has 4 rings (SSSR count). The van der Waals surface area contributed by atoms with Crippen LogP contribution in [0, 0.1) is 5.82 Å². The molecule has 3 aromatic rings. The second kappa shape index (κ2) is 6.41. The van der Waals surface area contributed by atoms with Crippen LogP contribution in [0.1, 0.15) is 18.0 Å². The summed E-state index contributed by atoms with van der Waals surface area (Å²) in [4.78, 5) is 13.7. The molecule has 26 heavy (non-hydrogen) atoms. The van der Waals surface area contributed by atoms with Gasteiger partial charge in [-0.15, -0.1) is 0 Å². The van der Waals surface area contributed by atoms with Gasteiger partial charge in [-0.2, -0.15) is 5.10 Å². The van der Waals surface area contributed by atoms with Crippen molar-refractivity contribution in [1.29, 1.82) is 0 Å². The fourth-order valence-electron chi connectivity index (χ4n) is 3.87. The first-order valence-electron chi connectivity index (χ1n) is 8.71. The van der Waals surface area contributed by atoms with Crippen molar-refractivity contribution in [2.75, 3.05) is 13.1 Å². The van der Waals surface area contributed by atoms with E-state index in [2.05, 4.69) is 17.7 Å². The van der Waals surface area contributed by atoms with Gasteiger partial charge in [0.2, 0.25) is 5.91 Å². The van der Waals surface area contributed by atoms with Crippen LogP contribution < -0.4 is 0 Å². The quantitative estimate of drug-likeness (QED) is 0.673. The molecule has 2 aromatic carbocycles. The highest BCUT2D eigenvalue weighted by Gasteiger charge is 2.29. The minimum absolute atomic E-state index is 0.0210. The largest absolute Gasteiger partial charge is 0.338 e. The normalized spacial score (nSPS) is 17.0. The lowest BCUT2D eigenvalue weighted by Gasteiger charge is -2.14. The lowest BCUT2D eigenvalue weighted by molar-refractivity contribution is -0.125. The summed E-state index contributed by atoms with van der Waals surface area (Å²) in [6, 6.07) is 12.6. The number of fused-ring (bicyclic) bond motifs is 1. The van der Waals surface area contributed by atoms with Crippen molar-refractivity contribution in [3.8, 4) is 11.1 Å². The molecule has 1 aliphatic heterocycles. The van der Waals surface area contributed by atoms with Gasteiger partial charge in [0.15, 0.2) is 0 Å². The average Bonchev–Trinajstić information content (AvgIpc) is 3.23. The van der Waals surface area contributed by atoms with Crippen molar-refractivity contribution in [3.05, 3.63) is 66.6 Å². The maximum absolute atomic E-state index is 13.5. The van der Waals surface area contributed by atoms with Crippen LogP contribution in [0.3, 0.4) is 0 Å². The molecule has 0 saturated carbocycles. The fourth-order valence-corrected chi connectivity index (χ4v) is 3.87. The smallest absolute Gasteiger partial charge is 0.245 e. The average molecular weight is 349 g/mol. The number of aryl methyl sites for hydroxylation is 1. The summed E-state index contributed by atoms with van der Waals surface area (Å²) in [5.74, 6) is -0.0106. The monoisotopic (exact) mass is 349 g/mol. The van der Waals surface area contributed by atoms with E-state index < -0.39 is 0 Å². The number of carbonyl (C=O) groups is 1. The molecule has 0 bridgehead atoms. The van der Waals surface area contributed by atoms with Gasteiger partial charge >= 0.3 is 0 Å². The predicted molar refractivity (Wildman–Crippen MR) is 100 cm³/mol. The zero-order valence-electron chi connectivity index (χ0n) is 14.7. The van der Waals surface area contributed by atoms with Crippen molar-refractivity contribution >= 4 is 16.8 Å². The van der Waals surface area contributed by atoms with Gasteiger partial charge in [-0.3, -0.25) is 9.48 Å². The van der Waals surface area contributed by atoms with Crippen LogP contribution in [0.2, 0.25) is 0 Å². The maximum Gasteiger partial charge on any atom is 0.245 e. The Balaban J connectivity index is 1.70. The van der Waals surface area contributed by atoms with E-state index in [1.54, 1.807) is 6.07 Å². The molecule has 0 spiro atoms. The highest BCUT2D eigenvalue weighted by molar-refractivity contribution is 5.88. The van der Waals surface area contributed by atoms with E-state index in [0.717, 1.165) is 40.7 Å². The lowest BCUT2D eigenvalue weighted by atomic mass is 9.98. The topological polar surface area (TPSA) is 38.1 Å². The lowest BCUT2D eigenvalue weighted by Crippen LogP contribution is -2.26. The molecule has 1 fully saturated rings. The minimum atomic E-state index is -0.248. The van der Waals surface area contributed by atoms with Crippen molar-refractivity contribution < 1.29 is 9.18 Å². The van der Waals surface area contributed by atoms with Gasteiger partial charge in [0, 0.05) is 31.4 Å². The fraction of sp³-hybridized carbons (Fsp3) is 0.238. The maximum atomic E-state index is 13.5. The first kappa shape index (κ1) is 16.5. The van der Waals surface area contributed by atoms with E-state index in [0.29, 0.717) is 6.54 Å². The molecule has 0 N–H and O–H groups in total. The van der Waals surface area contributed by atoms with E-state index >= 15 is 0 Å². The van der Waals surface area contributed by atoms with Crippen molar-refractivity contribution in [2.45, 2.75) is 12.3 Å². The van der Waals surface area contributed by atoms with Crippen LogP contribution in [0.25, 0.3) is 22.0 Å². The van der Waals surface area contributed by atoms with Crippen molar-refractivity contribution in [1.82, 2.24) is 14.7 Å². The van der Waals surface area contributed by atoms with Crippen molar-refractivity contribution in [2.24, 2.45) is 7.05 Å². The molecule has 0 aliphatic carbocycles. The third-order valence-corrected chi connectivity index (χ3v) is 5.10. The second-order valence-corrected chi connectivity index (χ2v) is 6.73. The molecule has 5 heteroatoms. The zero-order valence-corrected chi connectivity index (χ0v) is 14.7. The van der Waals surface area contributed by atoms with Gasteiger partial charge in [-0.1, -0.05) is 30.8 Å². The Labute approximate surface area is 151 Å². The van der Waals surface area contributed by atoms with Gasteiger partial charge < -0.3 is 4.90 Å². The molecular formula is C21H20FN3O. The van der Waals surface area contributed by atoms with E-state index in [4.69, 9.17) is 0 Å². The van der Waals surface area contributed by atoms with Gasteiger partial charge in [0.1, 0.15) is 5.82 Å². The molecule has 4 nitrogen and oxygen atoms in total. The minimum Gasteiger partial charge on any atom is -0.338 e. The van der Waals surface area contributed by atoms with Crippen LogP contribution in [-0.4, -0.2) is 33.7 Å². The Bertz CT molecular complexity index is 1010. The number of amides is 1. The Hall–Kier alpha value is -2.95. The van der Waals surface area contributed by atoms with Crippen LogP contribution in [-0.2, 0) is 11.8 Å². The molecule has 132 valence electrons. The predicted octanol–water partition coefficient (Wildman–Crippen LogP) is 3.88. The zero-order chi connectivity index (χ0) is 18.3. The third-order valence-electron chi connectivity index (χ3n) is 5.10. The van der Waals surface area contributed by atoms with Gasteiger partial charge in [0.25, 0.3) is 0 Å². The first-order valence-corrected chi connectivity index (χ1v) is 8.71. The van der Waals surface area contributed by atoms with E-state index in [9.17, 15) is 9.18 Å². The van der Waals surface area contributed by atoms with Gasteiger partial charge in [-0.25, -0.2) is 4.39 Å². The molecule has 1 unspecified atom stereocenters. The number of hydrogen-bond acceptors (Lipinski definition) is 2. The standard InChI is InChI=1S/C21H20FN3O/c1-3-20(26)25-10-9-16(13-25)21-18-8-7-15(12-19(18)23-24(21)2)14-5-4-6-17(22)11-14/h3-8,11-12,16H,1,9-10,13H2,2H3. The Morgan fingerprint density at radius 2 is 2.08 bits per heavy atom. The number of rotatable bonds is 3. The number of likely N-dealkylation sites (tertiary alicyclic amines) is 1.